The second-order valence-corrected chi connectivity index (χ2v) is 8.96. The number of carbonyl (C=O) groups excluding carboxylic acids is 2. The summed E-state index contributed by atoms with van der Waals surface area (Å²) in [7, 11) is 0. The van der Waals surface area contributed by atoms with E-state index in [9.17, 15) is 9.59 Å². The van der Waals surface area contributed by atoms with Gasteiger partial charge in [-0.3, -0.25) is 14.7 Å². The van der Waals surface area contributed by atoms with Crippen molar-refractivity contribution in [2.75, 3.05) is 0 Å². The number of carbonyl (C=O) groups is 2. The Kier molecular flexibility index (Phi) is 7.72. The maximum Gasteiger partial charge on any atom is 0.321 e. The summed E-state index contributed by atoms with van der Waals surface area (Å²) >= 11 is 1.26. The smallest absolute Gasteiger partial charge is 0.321 e. The highest BCUT2D eigenvalue weighted by atomic mass is 32.2. The van der Waals surface area contributed by atoms with Crippen molar-refractivity contribution in [3.8, 4) is 5.69 Å². The van der Waals surface area contributed by atoms with Crippen LogP contribution in [0.3, 0.4) is 0 Å². The highest BCUT2D eigenvalue weighted by molar-refractivity contribution is 8.00. The molecule has 1 heterocycles. The Morgan fingerprint density at radius 2 is 1.44 bits per heavy atom. The maximum absolute atomic E-state index is 12.7. The van der Waals surface area contributed by atoms with Crippen molar-refractivity contribution in [2.24, 2.45) is 0 Å². The van der Waals surface area contributed by atoms with Gasteiger partial charge in [0, 0.05) is 18.7 Å². The van der Waals surface area contributed by atoms with Gasteiger partial charge in [0.15, 0.2) is 5.16 Å². The summed E-state index contributed by atoms with van der Waals surface area (Å²) in [6.45, 7) is 2.08. The number of rotatable bonds is 8. The van der Waals surface area contributed by atoms with Gasteiger partial charge in [-0.25, -0.2) is 4.79 Å². The van der Waals surface area contributed by atoms with Gasteiger partial charge in [-0.2, -0.15) is 0 Å². The number of urea groups is 1. The van der Waals surface area contributed by atoms with Crippen LogP contribution < -0.4 is 10.6 Å². The molecule has 0 aliphatic heterocycles. The van der Waals surface area contributed by atoms with Gasteiger partial charge in [-0.1, -0.05) is 90.6 Å². The Hall–Kier alpha value is -3.91. The van der Waals surface area contributed by atoms with E-state index in [1.54, 1.807) is 6.92 Å². The molecule has 0 aliphatic carbocycles. The molecule has 7 nitrogen and oxygen atoms in total. The quantitative estimate of drug-likeness (QED) is 0.373. The van der Waals surface area contributed by atoms with E-state index in [0.717, 1.165) is 22.6 Å². The summed E-state index contributed by atoms with van der Waals surface area (Å²) < 4.78 is 1.96. The molecule has 4 aromatic rings. The monoisotopic (exact) mass is 471 g/mol. The van der Waals surface area contributed by atoms with Gasteiger partial charge < -0.3 is 5.32 Å². The molecule has 0 spiro atoms. The first-order valence-electron chi connectivity index (χ1n) is 10.9. The van der Waals surface area contributed by atoms with E-state index in [4.69, 9.17) is 0 Å². The van der Waals surface area contributed by atoms with E-state index in [1.807, 2.05) is 95.6 Å². The molecule has 34 heavy (non-hydrogen) atoms. The Morgan fingerprint density at radius 1 is 0.853 bits per heavy atom. The zero-order valence-corrected chi connectivity index (χ0v) is 19.5. The number of hydrogen-bond donors (Lipinski definition) is 2. The molecule has 8 heteroatoms. The van der Waals surface area contributed by atoms with E-state index in [1.165, 1.54) is 11.8 Å². The van der Waals surface area contributed by atoms with Gasteiger partial charge in [-0.05, 0) is 30.2 Å². The van der Waals surface area contributed by atoms with Gasteiger partial charge in [0.2, 0.25) is 5.91 Å². The van der Waals surface area contributed by atoms with Crippen LogP contribution in [0.1, 0.15) is 23.9 Å². The van der Waals surface area contributed by atoms with Crippen LogP contribution in [0.4, 0.5) is 4.79 Å². The molecule has 1 unspecified atom stereocenters. The maximum atomic E-state index is 12.7. The lowest BCUT2D eigenvalue weighted by molar-refractivity contribution is -0.119. The standard InChI is InChI=1S/C26H25N5O2S/c1-19(24(32)28-25(33)27-18-21-13-7-3-8-14-21)34-26-30-29-23(17-20-11-5-2-6-12-20)31(26)22-15-9-4-10-16-22/h2-16,19H,17-18H2,1H3,(H2,27,28,32,33). The lowest BCUT2D eigenvalue weighted by Gasteiger charge is -2.14. The van der Waals surface area contributed by atoms with E-state index < -0.39 is 17.2 Å². The molecule has 0 aliphatic rings. The number of aromatic nitrogens is 3. The zero-order valence-electron chi connectivity index (χ0n) is 18.7. The Balaban J connectivity index is 1.44. The van der Waals surface area contributed by atoms with E-state index in [0.29, 0.717) is 18.1 Å². The van der Waals surface area contributed by atoms with Crippen molar-refractivity contribution in [2.45, 2.75) is 30.3 Å². The molecule has 1 atom stereocenters. The SMILES string of the molecule is CC(Sc1nnc(Cc2ccccc2)n1-c1ccccc1)C(=O)NC(=O)NCc1ccccc1. The van der Waals surface area contributed by atoms with Gasteiger partial charge in [0.1, 0.15) is 5.82 Å². The molecule has 1 aromatic heterocycles. The number of amides is 3. The van der Waals surface area contributed by atoms with E-state index in [2.05, 4.69) is 20.8 Å². The van der Waals surface area contributed by atoms with Crippen LogP contribution in [0.25, 0.3) is 5.69 Å². The number of nitrogens with one attached hydrogen (secondary N) is 2. The van der Waals surface area contributed by atoms with Crippen molar-refractivity contribution >= 4 is 23.7 Å². The van der Waals surface area contributed by atoms with Crippen molar-refractivity contribution in [1.82, 2.24) is 25.4 Å². The Morgan fingerprint density at radius 3 is 2.09 bits per heavy atom. The van der Waals surface area contributed by atoms with Gasteiger partial charge in [0.05, 0.1) is 5.25 Å². The number of benzene rings is 3. The van der Waals surface area contributed by atoms with Gasteiger partial charge in [0.25, 0.3) is 0 Å². The van der Waals surface area contributed by atoms with Crippen molar-refractivity contribution in [3.05, 3.63) is 108 Å². The molecule has 3 amide bonds. The third-order valence-electron chi connectivity index (χ3n) is 5.10. The molecule has 0 saturated carbocycles. The lowest BCUT2D eigenvalue weighted by Crippen LogP contribution is -2.42. The first-order chi connectivity index (χ1) is 16.6. The third-order valence-corrected chi connectivity index (χ3v) is 6.15. The van der Waals surface area contributed by atoms with E-state index in [-0.39, 0.29) is 0 Å². The van der Waals surface area contributed by atoms with Gasteiger partial charge in [-0.15, -0.1) is 10.2 Å². The fourth-order valence-electron chi connectivity index (χ4n) is 3.35. The van der Waals surface area contributed by atoms with Crippen LogP contribution in [-0.4, -0.2) is 32.0 Å². The summed E-state index contributed by atoms with van der Waals surface area (Å²) in [6, 6.07) is 28.8. The fourth-order valence-corrected chi connectivity index (χ4v) is 4.24. The van der Waals surface area contributed by atoms with Crippen LogP contribution in [0.15, 0.2) is 96.2 Å². The third kappa shape index (κ3) is 6.11. The highest BCUT2D eigenvalue weighted by Gasteiger charge is 2.22. The number of imide groups is 1. The number of nitrogens with zero attached hydrogens (tertiary/aromatic N) is 3. The molecule has 3 aromatic carbocycles. The highest BCUT2D eigenvalue weighted by Crippen LogP contribution is 2.26. The van der Waals surface area contributed by atoms with E-state index >= 15 is 0 Å². The summed E-state index contributed by atoms with van der Waals surface area (Å²) in [5.74, 6) is 0.371. The normalized spacial score (nSPS) is 11.6. The Labute approximate surface area is 202 Å². The summed E-state index contributed by atoms with van der Waals surface area (Å²) in [5.41, 5.74) is 2.98. The van der Waals surface area contributed by atoms with Crippen LogP contribution in [0, 0.1) is 0 Å². The molecule has 4 rings (SSSR count). The molecule has 0 bridgehead atoms. The first-order valence-corrected chi connectivity index (χ1v) is 11.8. The first kappa shape index (κ1) is 23.3. The Bertz CT molecular complexity index is 1230. The minimum Gasteiger partial charge on any atom is -0.334 e. The number of thioether (sulfide) groups is 1. The topological polar surface area (TPSA) is 88.9 Å². The fraction of sp³-hybridized carbons (Fsp3) is 0.154. The molecule has 0 saturated heterocycles. The minimum absolute atomic E-state index is 0.340. The molecular formula is C26H25N5O2S. The van der Waals surface area contributed by atoms with Crippen molar-refractivity contribution in [1.29, 1.82) is 0 Å². The average molecular weight is 472 g/mol. The van der Waals surface area contributed by atoms with Crippen LogP contribution in [-0.2, 0) is 17.8 Å². The molecule has 172 valence electrons. The predicted octanol–water partition coefficient (Wildman–Crippen LogP) is 4.36. The lowest BCUT2D eigenvalue weighted by atomic mass is 10.1. The average Bonchev–Trinajstić information content (AvgIpc) is 3.26. The molecule has 0 radical (unpaired) electrons. The minimum atomic E-state index is -0.557. The summed E-state index contributed by atoms with van der Waals surface area (Å²) in [5, 5.41) is 13.9. The second-order valence-electron chi connectivity index (χ2n) is 7.65. The predicted molar refractivity (Wildman–Crippen MR) is 133 cm³/mol. The van der Waals surface area contributed by atoms with Gasteiger partial charge >= 0.3 is 6.03 Å². The van der Waals surface area contributed by atoms with Crippen LogP contribution in [0.5, 0.6) is 0 Å². The summed E-state index contributed by atoms with van der Waals surface area (Å²) in [6.07, 6.45) is 0.603. The number of para-hydroxylation sites is 1. The van der Waals surface area contributed by atoms with Crippen LogP contribution in [0.2, 0.25) is 0 Å². The molecule has 2 N–H and O–H groups in total. The van der Waals surface area contributed by atoms with Crippen molar-refractivity contribution in [3.63, 3.8) is 0 Å². The largest absolute Gasteiger partial charge is 0.334 e. The molecule has 0 fully saturated rings. The zero-order chi connectivity index (χ0) is 23.8. The molecular weight excluding hydrogens is 446 g/mol. The van der Waals surface area contributed by atoms with Crippen molar-refractivity contribution < 1.29 is 9.59 Å². The number of hydrogen-bond acceptors (Lipinski definition) is 5. The van der Waals surface area contributed by atoms with Crippen LogP contribution >= 0.6 is 11.8 Å². The second kappa shape index (κ2) is 11.3. The summed E-state index contributed by atoms with van der Waals surface area (Å²) in [4.78, 5) is 24.9.